The van der Waals surface area contributed by atoms with Crippen LogP contribution in [0.15, 0.2) is 0 Å². The van der Waals surface area contributed by atoms with Crippen LogP contribution < -0.4 is 0 Å². The van der Waals surface area contributed by atoms with E-state index in [1.807, 2.05) is 0 Å². The number of carbonyl (C=O) groups excluding carboxylic acids is 2. The zero-order valence-electron chi connectivity index (χ0n) is 21.8. The first-order valence-electron chi connectivity index (χ1n) is 14.3. The van der Waals surface area contributed by atoms with Gasteiger partial charge < -0.3 is 9.47 Å². The number of cyclic esters (lactones) is 2. The molecule has 0 N–H and O–H groups in total. The van der Waals surface area contributed by atoms with E-state index >= 15 is 0 Å². The molecule has 0 radical (unpaired) electrons. The van der Waals surface area contributed by atoms with Gasteiger partial charge >= 0.3 is 11.9 Å². The minimum atomic E-state index is -0.0731. The maximum absolute atomic E-state index is 11.9. The monoisotopic (exact) mass is 467 g/mol. The SMILES string of the molecule is CCCCCCCCCCCCCCN1CCOC(=O)CCCCCCCCC(=O)OCC1. The Balaban J connectivity index is 2.18. The van der Waals surface area contributed by atoms with Gasteiger partial charge in [0, 0.05) is 25.9 Å². The minimum absolute atomic E-state index is 0.0731. The second kappa shape index (κ2) is 22.7. The highest BCUT2D eigenvalue weighted by Gasteiger charge is 2.10. The summed E-state index contributed by atoms with van der Waals surface area (Å²) in [5, 5.41) is 0. The molecule has 1 saturated heterocycles. The van der Waals surface area contributed by atoms with Crippen LogP contribution in [0.3, 0.4) is 0 Å². The maximum atomic E-state index is 11.9. The van der Waals surface area contributed by atoms with E-state index in [0.717, 1.165) is 64.6 Å². The van der Waals surface area contributed by atoms with Gasteiger partial charge in [0.2, 0.25) is 0 Å². The van der Waals surface area contributed by atoms with Crippen molar-refractivity contribution in [1.29, 1.82) is 0 Å². The van der Waals surface area contributed by atoms with Gasteiger partial charge in [-0.15, -0.1) is 0 Å². The summed E-state index contributed by atoms with van der Waals surface area (Å²) in [6.07, 6.45) is 23.4. The van der Waals surface area contributed by atoms with Crippen molar-refractivity contribution in [3.8, 4) is 0 Å². The second-order valence-corrected chi connectivity index (χ2v) is 9.79. The molecule has 0 amide bonds. The first kappa shape index (κ1) is 29.9. The summed E-state index contributed by atoms with van der Waals surface area (Å²) in [6, 6.07) is 0. The summed E-state index contributed by atoms with van der Waals surface area (Å²) >= 11 is 0. The van der Waals surface area contributed by atoms with E-state index < -0.39 is 0 Å². The van der Waals surface area contributed by atoms with Gasteiger partial charge in [0.15, 0.2) is 0 Å². The summed E-state index contributed by atoms with van der Waals surface area (Å²) < 4.78 is 10.9. The number of nitrogens with zero attached hydrogens (tertiary/aromatic N) is 1. The summed E-state index contributed by atoms with van der Waals surface area (Å²) in [7, 11) is 0. The van der Waals surface area contributed by atoms with Crippen LogP contribution in [-0.2, 0) is 19.1 Å². The molecule has 0 saturated carbocycles. The fourth-order valence-corrected chi connectivity index (χ4v) is 4.48. The summed E-state index contributed by atoms with van der Waals surface area (Å²) in [6.45, 7) is 5.57. The van der Waals surface area contributed by atoms with Crippen molar-refractivity contribution in [2.24, 2.45) is 0 Å². The van der Waals surface area contributed by atoms with Gasteiger partial charge in [-0.3, -0.25) is 14.5 Å². The molecule has 33 heavy (non-hydrogen) atoms. The van der Waals surface area contributed by atoms with Crippen molar-refractivity contribution in [3.63, 3.8) is 0 Å². The van der Waals surface area contributed by atoms with Crippen LogP contribution in [0.1, 0.15) is 135 Å². The number of carbonyl (C=O) groups is 2. The van der Waals surface area contributed by atoms with E-state index in [1.165, 1.54) is 70.6 Å². The van der Waals surface area contributed by atoms with E-state index in [9.17, 15) is 9.59 Å². The molecule has 0 bridgehead atoms. The van der Waals surface area contributed by atoms with Crippen LogP contribution in [-0.4, -0.2) is 49.7 Å². The van der Waals surface area contributed by atoms with Crippen molar-refractivity contribution in [3.05, 3.63) is 0 Å². The smallest absolute Gasteiger partial charge is 0.305 e. The molecule has 0 aromatic rings. The van der Waals surface area contributed by atoms with Gasteiger partial charge in [-0.25, -0.2) is 0 Å². The molecule has 0 aromatic carbocycles. The second-order valence-electron chi connectivity index (χ2n) is 9.79. The fourth-order valence-electron chi connectivity index (χ4n) is 4.48. The Kier molecular flexibility index (Phi) is 20.6. The van der Waals surface area contributed by atoms with Crippen LogP contribution in [0.4, 0.5) is 0 Å². The average molecular weight is 468 g/mol. The number of hydrogen-bond donors (Lipinski definition) is 0. The van der Waals surface area contributed by atoms with Crippen molar-refractivity contribution in [1.82, 2.24) is 4.90 Å². The Bertz CT molecular complexity index is 441. The predicted octanol–water partition coefficient (Wildman–Crippen LogP) is 7.21. The Labute approximate surface area is 204 Å². The maximum Gasteiger partial charge on any atom is 0.305 e. The van der Waals surface area contributed by atoms with Crippen LogP contribution in [0.5, 0.6) is 0 Å². The lowest BCUT2D eigenvalue weighted by Gasteiger charge is -2.22. The number of ether oxygens (including phenoxy) is 2. The van der Waals surface area contributed by atoms with Gasteiger partial charge in [-0.1, -0.05) is 103 Å². The number of rotatable bonds is 13. The fraction of sp³-hybridized carbons (Fsp3) is 0.929. The first-order chi connectivity index (χ1) is 16.2. The molecule has 0 unspecified atom stereocenters. The highest BCUT2D eigenvalue weighted by atomic mass is 16.5. The van der Waals surface area contributed by atoms with Crippen molar-refractivity contribution in [2.75, 3.05) is 32.8 Å². The molecule has 0 atom stereocenters. The molecule has 1 fully saturated rings. The molecule has 1 heterocycles. The third kappa shape index (κ3) is 20.0. The van der Waals surface area contributed by atoms with E-state index in [-0.39, 0.29) is 11.9 Å². The van der Waals surface area contributed by atoms with Crippen LogP contribution >= 0.6 is 0 Å². The normalized spacial score (nSPS) is 18.5. The number of hydrogen-bond acceptors (Lipinski definition) is 5. The molecular formula is C28H53NO4. The van der Waals surface area contributed by atoms with Gasteiger partial charge in [-0.05, 0) is 25.8 Å². The van der Waals surface area contributed by atoms with Gasteiger partial charge in [0.1, 0.15) is 13.2 Å². The summed E-state index contributed by atoms with van der Waals surface area (Å²) in [5.41, 5.74) is 0. The molecule has 1 aliphatic rings. The van der Waals surface area contributed by atoms with Crippen LogP contribution in [0, 0.1) is 0 Å². The standard InChI is InChI=1S/C28H53NO4/c1-2-3-4-5-6-7-8-9-10-13-16-19-22-29-23-25-32-27(30)20-17-14-11-12-15-18-21-28(31)33-26-24-29/h2-26H2,1H3. The third-order valence-corrected chi connectivity index (χ3v) is 6.68. The molecule has 1 aliphatic heterocycles. The zero-order valence-corrected chi connectivity index (χ0v) is 21.8. The van der Waals surface area contributed by atoms with E-state index in [0.29, 0.717) is 26.1 Å². The van der Waals surface area contributed by atoms with E-state index in [2.05, 4.69) is 11.8 Å². The molecule has 0 aliphatic carbocycles. The molecule has 1 rings (SSSR count). The summed E-state index contributed by atoms with van der Waals surface area (Å²) in [4.78, 5) is 26.2. The Hall–Kier alpha value is -1.10. The molecule has 0 aromatic heterocycles. The Morgan fingerprint density at radius 3 is 1.42 bits per heavy atom. The number of unbranched alkanes of at least 4 members (excludes halogenated alkanes) is 11. The molecule has 5 heteroatoms. The quantitative estimate of drug-likeness (QED) is 0.211. The van der Waals surface area contributed by atoms with Gasteiger partial charge in [0.25, 0.3) is 0 Å². The highest BCUT2D eigenvalue weighted by Crippen LogP contribution is 2.13. The molecular weight excluding hydrogens is 414 g/mol. The lowest BCUT2D eigenvalue weighted by Crippen LogP contribution is -2.33. The lowest BCUT2D eigenvalue weighted by atomic mass is 10.1. The first-order valence-corrected chi connectivity index (χ1v) is 14.3. The Morgan fingerprint density at radius 1 is 0.576 bits per heavy atom. The third-order valence-electron chi connectivity index (χ3n) is 6.68. The number of esters is 2. The Morgan fingerprint density at radius 2 is 0.970 bits per heavy atom. The van der Waals surface area contributed by atoms with Crippen molar-refractivity contribution >= 4 is 11.9 Å². The lowest BCUT2D eigenvalue weighted by molar-refractivity contribution is -0.144. The highest BCUT2D eigenvalue weighted by molar-refractivity contribution is 5.69. The molecule has 194 valence electrons. The summed E-state index contributed by atoms with van der Waals surface area (Å²) in [5.74, 6) is -0.146. The molecule has 5 nitrogen and oxygen atoms in total. The topological polar surface area (TPSA) is 55.8 Å². The zero-order chi connectivity index (χ0) is 23.8. The van der Waals surface area contributed by atoms with Crippen LogP contribution in [0.2, 0.25) is 0 Å². The van der Waals surface area contributed by atoms with Gasteiger partial charge in [-0.2, -0.15) is 0 Å². The van der Waals surface area contributed by atoms with E-state index in [1.54, 1.807) is 0 Å². The van der Waals surface area contributed by atoms with Crippen molar-refractivity contribution in [2.45, 2.75) is 135 Å². The average Bonchev–Trinajstić information content (AvgIpc) is 2.80. The predicted molar refractivity (Wildman–Crippen MR) is 136 cm³/mol. The van der Waals surface area contributed by atoms with E-state index in [4.69, 9.17) is 9.47 Å². The minimum Gasteiger partial charge on any atom is -0.464 e. The van der Waals surface area contributed by atoms with Gasteiger partial charge in [0.05, 0.1) is 0 Å². The largest absolute Gasteiger partial charge is 0.464 e. The van der Waals surface area contributed by atoms with Crippen molar-refractivity contribution < 1.29 is 19.1 Å². The van der Waals surface area contributed by atoms with Crippen LogP contribution in [0.25, 0.3) is 0 Å². The molecule has 0 spiro atoms.